The molecule has 2 amide bonds. The van der Waals surface area contributed by atoms with Crippen molar-refractivity contribution in [2.24, 2.45) is 0 Å². The predicted octanol–water partition coefficient (Wildman–Crippen LogP) is 5.63. The fraction of sp³-hybridized carbons (Fsp3) is 0.235. The van der Waals surface area contributed by atoms with Crippen molar-refractivity contribution in [3.8, 4) is 5.75 Å². The number of hydrogen-bond acceptors (Lipinski definition) is 5. The lowest BCUT2D eigenvalue weighted by Crippen LogP contribution is -2.53. The maximum atomic E-state index is 14.3. The van der Waals surface area contributed by atoms with Crippen LogP contribution in [0, 0.1) is 6.92 Å². The fourth-order valence-corrected chi connectivity index (χ4v) is 6.29. The largest absolute Gasteiger partial charge is 0.494 e. The molecule has 4 aromatic rings. The molecule has 0 unspecified atom stereocenters. The molecule has 0 aliphatic rings. The Morgan fingerprint density at radius 1 is 0.864 bits per heavy atom. The van der Waals surface area contributed by atoms with Gasteiger partial charge < -0.3 is 15.0 Å². The van der Waals surface area contributed by atoms with Gasteiger partial charge in [0.15, 0.2) is 0 Å². The zero-order chi connectivity index (χ0) is 31.7. The topological polar surface area (TPSA) is 96.0 Å². The highest BCUT2D eigenvalue weighted by Gasteiger charge is 2.34. The second-order valence-corrected chi connectivity index (χ2v) is 12.5. The standard InChI is InChI=1S/C34H36ClN3O5S/c1-4-43-30-18-20-31(21-19-30)44(41,42)38(29-16-10-25(2)11-17-29)24-33(39)37(23-27-12-14-28(35)15-13-27)32(34(40)36-3)22-26-8-6-5-7-9-26/h5-21,32H,4,22-24H2,1-3H3,(H,36,40)/t32-/m1/s1. The van der Waals surface area contributed by atoms with Gasteiger partial charge in [-0.25, -0.2) is 8.42 Å². The number of anilines is 1. The number of likely N-dealkylation sites (N-methyl/N-ethyl adjacent to an activating group) is 1. The minimum absolute atomic E-state index is 0.00529. The summed E-state index contributed by atoms with van der Waals surface area (Å²) in [5, 5.41) is 3.21. The van der Waals surface area contributed by atoms with Crippen LogP contribution < -0.4 is 14.4 Å². The maximum absolute atomic E-state index is 14.3. The third kappa shape index (κ3) is 8.18. The van der Waals surface area contributed by atoms with Crippen LogP contribution in [0.2, 0.25) is 5.02 Å². The molecule has 0 spiro atoms. The predicted molar refractivity (Wildman–Crippen MR) is 173 cm³/mol. The SMILES string of the molecule is CCOc1ccc(S(=O)(=O)N(CC(=O)N(Cc2ccc(Cl)cc2)[C@H](Cc2ccccc2)C(=O)NC)c2ccc(C)cc2)cc1. The van der Waals surface area contributed by atoms with E-state index in [-0.39, 0.29) is 23.8 Å². The van der Waals surface area contributed by atoms with Crippen molar-refractivity contribution < 1.29 is 22.7 Å². The van der Waals surface area contributed by atoms with Gasteiger partial charge >= 0.3 is 0 Å². The Morgan fingerprint density at radius 3 is 2.09 bits per heavy atom. The summed E-state index contributed by atoms with van der Waals surface area (Å²) < 4.78 is 34.8. The van der Waals surface area contributed by atoms with Gasteiger partial charge in [-0.1, -0.05) is 71.8 Å². The average Bonchev–Trinajstić information content (AvgIpc) is 3.03. The first-order chi connectivity index (χ1) is 21.1. The molecule has 8 nitrogen and oxygen atoms in total. The van der Waals surface area contributed by atoms with Gasteiger partial charge in [0.05, 0.1) is 17.2 Å². The Hall–Kier alpha value is -4.34. The number of sulfonamides is 1. The zero-order valence-electron chi connectivity index (χ0n) is 24.9. The molecule has 0 bridgehead atoms. The molecular weight excluding hydrogens is 598 g/mol. The van der Waals surface area contributed by atoms with Crippen molar-refractivity contribution in [2.75, 3.05) is 24.5 Å². The van der Waals surface area contributed by atoms with Crippen molar-refractivity contribution in [3.63, 3.8) is 0 Å². The highest BCUT2D eigenvalue weighted by molar-refractivity contribution is 7.92. The van der Waals surface area contributed by atoms with Crippen molar-refractivity contribution in [2.45, 2.75) is 37.8 Å². The Morgan fingerprint density at radius 2 is 1.50 bits per heavy atom. The molecule has 0 aliphatic heterocycles. The van der Waals surface area contributed by atoms with E-state index in [0.717, 1.165) is 21.0 Å². The van der Waals surface area contributed by atoms with Crippen molar-refractivity contribution >= 4 is 39.1 Å². The van der Waals surface area contributed by atoms with Crippen LogP contribution >= 0.6 is 11.6 Å². The van der Waals surface area contributed by atoms with Crippen LogP contribution in [0.3, 0.4) is 0 Å². The summed E-state index contributed by atoms with van der Waals surface area (Å²) in [5.41, 5.74) is 2.85. The number of halogens is 1. The molecule has 0 fully saturated rings. The van der Waals surface area contributed by atoms with Gasteiger partial charge in [-0.15, -0.1) is 0 Å². The Kier molecular flexibility index (Phi) is 11.0. The van der Waals surface area contributed by atoms with E-state index in [1.54, 1.807) is 60.7 Å². The Balaban J connectivity index is 1.76. The Bertz CT molecular complexity index is 1650. The van der Waals surface area contributed by atoms with E-state index in [0.29, 0.717) is 23.1 Å². The van der Waals surface area contributed by atoms with Gasteiger partial charge in [0.2, 0.25) is 11.8 Å². The first kappa shape index (κ1) is 32.6. The number of carbonyl (C=O) groups excluding carboxylic acids is 2. The van der Waals surface area contributed by atoms with Crippen LogP contribution in [-0.2, 0) is 32.6 Å². The number of ether oxygens (including phenoxy) is 1. The van der Waals surface area contributed by atoms with E-state index in [9.17, 15) is 18.0 Å². The number of carbonyl (C=O) groups is 2. The van der Waals surface area contributed by atoms with E-state index in [1.807, 2.05) is 44.2 Å². The lowest BCUT2D eigenvalue weighted by Gasteiger charge is -2.33. The van der Waals surface area contributed by atoms with Crippen LogP contribution in [0.25, 0.3) is 0 Å². The monoisotopic (exact) mass is 633 g/mol. The highest BCUT2D eigenvalue weighted by atomic mass is 35.5. The summed E-state index contributed by atoms with van der Waals surface area (Å²) in [6.07, 6.45) is 0.232. The number of hydrogen-bond donors (Lipinski definition) is 1. The van der Waals surface area contributed by atoms with Gasteiger partial charge in [0.25, 0.3) is 10.0 Å². The molecule has 0 aromatic heterocycles. The molecule has 4 rings (SSSR count). The summed E-state index contributed by atoms with van der Waals surface area (Å²) in [7, 11) is -2.69. The molecule has 0 saturated carbocycles. The molecule has 230 valence electrons. The molecule has 0 aliphatic carbocycles. The van der Waals surface area contributed by atoms with Crippen LogP contribution in [0.15, 0.2) is 108 Å². The lowest BCUT2D eigenvalue weighted by molar-refractivity contribution is -0.139. The highest BCUT2D eigenvalue weighted by Crippen LogP contribution is 2.27. The van der Waals surface area contributed by atoms with Crippen molar-refractivity contribution in [3.05, 3.63) is 125 Å². The molecule has 10 heteroatoms. The second kappa shape index (κ2) is 14.9. The number of amides is 2. The van der Waals surface area contributed by atoms with Gasteiger partial charge in [-0.3, -0.25) is 13.9 Å². The summed E-state index contributed by atoms with van der Waals surface area (Å²) in [6.45, 7) is 3.70. The fourth-order valence-electron chi connectivity index (χ4n) is 4.75. The van der Waals surface area contributed by atoms with Crippen LogP contribution in [-0.4, -0.2) is 51.4 Å². The first-order valence-corrected chi connectivity index (χ1v) is 16.1. The van der Waals surface area contributed by atoms with E-state index < -0.39 is 28.5 Å². The third-order valence-corrected chi connectivity index (χ3v) is 9.15. The number of rotatable bonds is 13. The Labute approximate surface area is 264 Å². The van der Waals surface area contributed by atoms with Gasteiger partial charge in [-0.05, 0) is 73.5 Å². The molecule has 0 radical (unpaired) electrons. The van der Waals surface area contributed by atoms with E-state index in [4.69, 9.17) is 16.3 Å². The smallest absolute Gasteiger partial charge is 0.264 e. The molecular formula is C34H36ClN3O5S. The van der Waals surface area contributed by atoms with E-state index in [1.165, 1.54) is 24.1 Å². The first-order valence-electron chi connectivity index (χ1n) is 14.2. The minimum atomic E-state index is -4.20. The third-order valence-electron chi connectivity index (χ3n) is 7.11. The van der Waals surface area contributed by atoms with Crippen LogP contribution in [0.1, 0.15) is 23.6 Å². The van der Waals surface area contributed by atoms with Gasteiger partial charge in [0, 0.05) is 25.0 Å². The molecule has 44 heavy (non-hydrogen) atoms. The summed E-state index contributed by atoms with van der Waals surface area (Å²) in [6, 6.07) is 28.4. The summed E-state index contributed by atoms with van der Waals surface area (Å²) in [4.78, 5) is 29.1. The molecule has 0 saturated heterocycles. The average molecular weight is 634 g/mol. The normalized spacial score (nSPS) is 11.8. The minimum Gasteiger partial charge on any atom is -0.494 e. The number of benzene rings is 4. The number of nitrogens with zero attached hydrogens (tertiary/aromatic N) is 2. The molecule has 1 atom stereocenters. The number of nitrogens with one attached hydrogen (secondary N) is 1. The molecule has 1 N–H and O–H groups in total. The van der Waals surface area contributed by atoms with Crippen LogP contribution in [0.4, 0.5) is 5.69 Å². The molecule has 0 heterocycles. The van der Waals surface area contributed by atoms with Gasteiger partial charge in [0.1, 0.15) is 18.3 Å². The van der Waals surface area contributed by atoms with Crippen molar-refractivity contribution in [1.29, 1.82) is 0 Å². The van der Waals surface area contributed by atoms with Gasteiger partial charge in [-0.2, -0.15) is 0 Å². The summed E-state index contributed by atoms with van der Waals surface area (Å²) in [5.74, 6) is -0.375. The lowest BCUT2D eigenvalue weighted by atomic mass is 10.0. The zero-order valence-corrected chi connectivity index (χ0v) is 26.5. The van der Waals surface area contributed by atoms with E-state index >= 15 is 0 Å². The quantitative estimate of drug-likeness (QED) is 0.206. The van der Waals surface area contributed by atoms with Crippen LogP contribution in [0.5, 0.6) is 5.75 Å². The van der Waals surface area contributed by atoms with Crippen molar-refractivity contribution in [1.82, 2.24) is 10.2 Å². The number of aryl methyl sites for hydroxylation is 1. The summed E-state index contributed by atoms with van der Waals surface area (Å²) >= 11 is 6.11. The second-order valence-electron chi connectivity index (χ2n) is 10.2. The maximum Gasteiger partial charge on any atom is 0.264 e. The van der Waals surface area contributed by atoms with E-state index in [2.05, 4.69) is 5.32 Å². The molecule has 4 aromatic carbocycles.